The number of nitrogens with zero attached hydrogens (tertiary/aromatic N) is 1. The Bertz CT molecular complexity index is 452. The van der Waals surface area contributed by atoms with Crippen LogP contribution in [-0.2, 0) is 6.54 Å². The van der Waals surface area contributed by atoms with E-state index in [1.54, 1.807) is 21.3 Å². The Balaban J connectivity index is 2.11. The minimum atomic E-state index is 0.653. The first-order valence-corrected chi connectivity index (χ1v) is 7.87. The van der Waals surface area contributed by atoms with Crippen molar-refractivity contribution in [2.24, 2.45) is 5.92 Å². The Morgan fingerprint density at radius 2 is 1.82 bits per heavy atom. The fourth-order valence-electron chi connectivity index (χ4n) is 3.24. The van der Waals surface area contributed by atoms with Gasteiger partial charge in [0.2, 0.25) is 5.75 Å². The van der Waals surface area contributed by atoms with Crippen molar-refractivity contribution in [3.8, 4) is 17.2 Å². The topological polar surface area (TPSA) is 43.0 Å². The van der Waals surface area contributed by atoms with Gasteiger partial charge in [0.25, 0.3) is 0 Å². The number of likely N-dealkylation sites (tertiary alicyclic amines) is 1. The van der Waals surface area contributed by atoms with E-state index < -0.39 is 0 Å². The van der Waals surface area contributed by atoms with Crippen molar-refractivity contribution < 1.29 is 14.2 Å². The van der Waals surface area contributed by atoms with Crippen LogP contribution >= 0.6 is 0 Å². The molecule has 22 heavy (non-hydrogen) atoms. The third kappa shape index (κ3) is 4.05. The van der Waals surface area contributed by atoms with E-state index in [1.165, 1.54) is 18.4 Å². The molecule has 1 fully saturated rings. The molecule has 2 rings (SSSR count). The highest BCUT2D eigenvalue weighted by Gasteiger charge is 2.20. The molecule has 0 amide bonds. The van der Waals surface area contributed by atoms with Crippen LogP contribution in [0.15, 0.2) is 12.1 Å². The Morgan fingerprint density at radius 3 is 2.36 bits per heavy atom. The zero-order chi connectivity index (χ0) is 15.9. The van der Waals surface area contributed by atoms with E-state index in [9.17, 15) is 0 Å². The van der Waals surface area contributed by atoms with Gasteiger partial charge in [-0.2, -0.15) is 0 Å². The number of hydrogen-bond donors (Lipinski definition) is 1. The molecule has 1 aromatic rings. The second-order valence-corrected chi connectivity index (χ2v) is 5.83. The zero-order valence-electron chi connectivity index (χ0n) is 14.1. The van der Waals surface area contributed by atoms with Gasteiger partial charge in [-0.25, -0.2) is 0 Å². The van der Waals surface area contributed by atoms with Gasteiger partial charge in [0.15, 0.2) is 11.5 Å². The lowest BCUT2D eigenvalue weighted by atomic mass is 9.97. The summed E-state index contributed by atoms with van der Waals surface area (Å²) in [5.41, 5.74) is 1.19. The normalized spacial score (nSPS) is 19.0. The molecule has 1 aliphatic heterocycles. The number of benzene rings is 1. The van der Waals surface area contributed by atoms with E-state index in [2.05, 4.69) is 10.2 Å². The molecular formula is C17H28N2O3. The maximum absolute atomic E-state index is 5.43. The van der Waals surface area contributed by atoms with Crippen LogP contribution in [0.1, 0.15) is 18.4 Å². The summed E-state index contributed by atoms with van der Waals surface area (Å²) in [7, 11) is 6.97. The van der Waals surface area contributed by atoms with Crippen molar-refractivity contribution in [1.29, 1.82) is 0 Å². The van der Waals surface area contributed by atoms with Crippen LogP contribution in [0.4, 0.5) is 0 Å². The largest absolute Gasteiger partial charge is 0.493 e. The molecule has 1 atom stereocenters. The van der Waals surface area contributed by atoms with Crippen LogP contribution < -0.4 is 19.5 Å². The fourth-order valence-corrected chi connectivity index (χ4v) is 3.24. The van der Waals surface area contributed by atoms with E-state index in [4.69, 9.17) is 14.2 Å². The summed E-state index contributed by atoms with van der Waals surface area (Å²) >= 11 is 0. The predicted octanol–water partition coefficient (Wildman–Crippen LogP) is 2.14. The zero-order valence-corrected chi connectivity index (χ0v) is 14.1. The molecule has 1 N–H and O–H groups in total. The second-order valence-electron chi connectivity index (χ2n) is 5.83. The van der Waals surface area contributed by atoms with Gasteiger partial charge in [0.1, 0.15) is 0 Å². The van der Waals surface area contributed by atoms with Crippen LogP contribution in [0.5, 0.6) is 17.2 Å². The first kappa shape index (κ1) is 16.9. The molecule has 1 aromatic carbocycles. The highest BCUT2D eigenvalue weighted by molar-refractivity contribution is 5.53. The van der Waals surface area contributed by atoms with Crippen LogP contribution in [0.2, 0.25) is 0 Å². The maximum atomic E-state index is 5.43. The van der Waals surface area contributed by atoms with E-state index in [0.29, 0.717) is 5.75 Å². The summed E-state index contributed by atoms with van der Waals surface area (Å²) in [4.78, 5) is 2.51. The lowest BCUT2D eigenvalue weighted by Gasteiger charge is -2.32. The minimum Gasteiger partial charge on any atom is -0.493 e. The summed E-state index contributed by atoms with van der Waals surface area (Å²) in [5, 5.41) is 3.29. The second kappa shape index (κ2) is 8.25. The summed E-state index contributed by atoms with van der Waals surface area (Å²) in [5.74, 6) is 2.84. The summed E-state index contributed by atoms with van der Waals surface area (Å²) in [6, 6.07) is 4.09. The van der Waals surface area contributed by atoms with Crippen molar-refractivity contribution in [3.05, 3.63) is 17.7 Å². The van der Waals surface area contributed by atoms with E-state index in [-0.39, 0.29) is 0 Å². The molecule has 1 heterocycles. The van der Waals surface area contributed by atoms with E-state index in [0.717, 1.165) is 43.6 Å². The van der Waals surface area contributed by atoms with Crippen molar-refractivity contribution in [2.45, 2.75) is 19.4 Å². The third-order valence-corrected chi connectivity index (χ3v) is 4.23. The van der Waals surface area contributed by atoms with Crippen molar-refractivity contribution in [3.63, 3.8) is 0 Å². The summed E-state index contributed by atoms with van der Waals surface area (Å²) < 4.78 is 16.2. The Labute approximate surface area is 133 Å². The van der Waals surface area contributed by atoms with Gasteiger partial charge in [-0.05, 0) is 56.6 Å². The average molecular weight is 308 g/mol. The number of methoxy groups -OCH3 is 3. The average Bonchev–Trinajstić information content (AvgIpc) is 2.54. The summed E-state index contributed by atoms with van der Waals surface area (Å²) in [6.07, 6.45) is 2.57. The molecule has 0 spiro atoms. The molecule has 0 aromatic heterocycles. The maximum Gasteiger partial charge on any atom is 0.203 e. The molecule has 0 radical (unpaired) electrons. The molecule has 0 saturated carbocycles. The lowest BCUT2D eigenvalue weighted by Crippen LogP contribution is -2.38. The Morgan fingerprint density at radius 1 is 1.14 bits per heavy atom. The van der Waals surface area contributed by atoms with Gasteiger partial charge < -0.3 is 19.5 Å². The number of piperidine rings is 1. The van der Waals surface area contributed by atoms with Gasteiger partial charge >= 0.3 is 0 Å². The van der Waals surface area contributed by atoms with Crippen LogP contribution in [0.3, 0.4) is 0 Å². The van der Waals surface area contributed by atoms with Crippen molar-refractivity contribution in [2.75, 3.05) is 48.0 Å². The monoisotopic (exact) mass is 308 g/mol. The molecular weight excluding hydrogens is 280 g/mol. The lowest BCUT2D eigenvalue weighted by molar-refractivity contribution is 0.166. The van der Waals surface area contributed by atoms with Gasteiger partial charge in [0.05, 0.1) is 21.3 Å². The number of ether oxygens (including phenoxy) is 3. The van der Waals surface area contributed by atoms with E-state index in [1.807, 2.05) is 19.2 Å². The molecule has 1 saturated heterocycles. The van der Waals surface area contributed by atoms with Gasteiger partial charge in [0, 0.05) is 13.1 Å². The van der Waals surface area contributed by atoms with Crippen LogP contribution in [0.25, 0.3) is 0 Å². The molecule has 0 bridgehead atoms. The number of nitrogens with one attached hydrogen (secondary N) is 1. The quantitative estimate of drug-likeness (QED) is 0.836. The SMILES string of the molecule is CNCC1CCCN(Cc2cc(OC)c(OC)c(OC)c2)C1. The number of hydrogen-bond acceptors (Lipinski definition) is 5. The van der Waals surface area contributed by atoms with Crippen molar-refractivity contribution >= 4 is 0 Å². The standard InChI is InChI=1S/C17H28N2O3/c1-18-10-13-6-5-7-19(11-13)12-14-8-15(20-2)17(22-4)16(9-14)21-3/h8-9,13,18H,5-7,10-12H2,1-4H3. The van der Waals surface area contributed by atoms with Crippen molar-refractivity contribution in [1.82, 2.24) is 10.2 Å². The fraction of sp³-hybridized carbons (Fsp3) is 0.647. The van der Waals surface area contributed by atoms with Crippen LogP contribution in [0, 0.1) is 5.92 Å². The Kier molecular flexibility index (Phi) is 6.34. The van der Waals surface area contributed by atoms with Gasteiger partial charge in [-0.15, -0.1) is 0 Å². The third-order valence-electron chi connectivity index (χ3n) is 4.23. The van der Waals surface area contributed by atoms with E-state index >= 15 is 0 Å². The van der Waals surface area contributed by atoms with Gasteiger partial charge in [-0.3, -0.25) is 4.90 Å². The highest BCUT2D eigenvalue weighted by Crippen LogP contribution is 2.38. The minimum absolute atomic E-state index is 0.653. The highest BCUT2D eigenvalue weighted by atomic mass is 16.5. The Hall–Kier alpha value is -1.46. The molecule has 1 unspecified atom stereocenters. The number of rotatable bonds is 7. The first-order chi connectivity index (χ1) is 10.7. The molecule has 124 valence electrons. The predicted molar refractivity (Wildman–Crippen MR) is 88.0 cm³/mol. The first-order valence-electron chi connectivity index (χ1n) is 7.87. The smallest absolute Gasteiger partial charge is 0.203 e. The van der Waals surface area contributed by atoms with Gasteiger partial charge in [-0.1, -0.05) is 0 Å². The molecule has 5 nitrogen and oxygen atoms in total. The molecule has 5 heteroatoms. The molecule has 0 aliphatic carbocycles. The molecule has 1 aliphatic rings. The van der Waals surface area contributed by atoms with Crippen LogP contribution in [-0.4, -0.2) is 52.9 Å². The summed E-state index contributed by atoms with van der Waals surface area (Å²) in [6.45, 7) is 4.29.